The van der Waals surface area contributed by atoms with Gasteiger partial charge in [0, 0.05) is 17.1 Å². The van der Waals surface area contributed by atoms with Crippen molar-refractivity contribution in [2.24, 2.45) is 0 Å². The van der Waals surface area contributed by atoms with E-state index in [1.807, 2.05) is 0 Å². The number of rotatable bonds is 3. The number of halogens is 2. The van der Waals surface area contributed by atoms with Crippen LogP contribution in [0.5, 0.6) is 5.75 Å². The summed E-state index contributed by atoms with van der Waals surface area (Å²) in [4.78, 5) is 4.03. The third kappa shape index (κ3) is 2.45. The van der Waals surface area contributed by atoms with Gasteiger partial charge in [0.2, 0.25) is 0 Å². The zero-order valence-electron chi connectivity index (χ0n) is 10.5. The maximum absolute atomic E-state index is 13.6. The molecule has 0 atom stereocenters. The van der Waals surface area contributed by atoms with Crippen LogP contribution in [0.4, 0.5) is 8.78 Å². The standard InChI is InChI=1S/C16H11F2NO/c17-12-4-6-13(7-5-12)20-10-11-8-9-19-16-14(11)2-1-3-15(16)18/h1-9H,10H2. The van der Waals surface area contributed by atoms with Crippen molar-refractivity contribution in [3.8, 4) is 5.75 Å². The third-order valence-electron chi connectivity index (χ3n) is 3.02. The van der Waals surface area contributed by atoms with E-state index in [1.165, 1.54) is 18.2 Å². The van der Waals surface area contributed by atoms with Gasteiger partial charge in [-0.2, -0.15) is 0 Å². The fourth-order valence-corrected chi connectivity index (χ4v) is 2.01. The van der Waals surface area contributed by atoms with Crippen molar-refractivity contribution in [3.05, 3.63) is 71.9 Å². The Bertz CT molecular complexity index is 741. The second-order valence-electron chi connectivity index (χ2n) is 4.35. The summed E-state index contributed by atoms with van der Waals surface area (Å²) in [6.07, 6.45) is 1.55. The van der Waals surface area contributed by atoms with Crippen LogP contribution in [0.2, 0.25) is 0 Å². The number of benzene rings is 2. The molecular formula is C16H11F2NO. The predicted molar refractivity (Wildman–Crippen MR) is 72.4 cm³/mol. The van der Waals surface area contributed by atoms with E-state index in [0.29, 0.717) is 11.3 Å². The minimum Gasteiger partial charge on any atom is -0.489 e. The van der Waals surface area contributed by atoms with E-state index in [2.05, 4.69) is 4.98 Å². The van der Waals surface area contributed by atoms with E-state index in [-0.39, 0.29) is 18.2 Å². The van der Waals surface area contributed by atoms with E-state index < -0.39 is 0 Å². The Kier molecular flexibility index (Phi) is 3.29. The highest BCUT2D eigenvalue weighted by molar-refractivity contribution is 5.82. The lowest BCUT2D eigenvalue weighted by Crippen LogP contribution is -1.98. The first-order valence-electron chi connectivity index (χ1n) is 6.14. The normalized spacial score (nSPS) is 10.7. The molecule has 0 spiro atoms. The number of para-hydroxylation sites is 1. The minimum atomic E-state index is -0.355. The number of hydrogen-bond donors (Lipinski definition) is 0. The molecule has 0 saturated carbocycles. The summed E-state index contributed by atoms with van der Waals surface area (Å²) >= 11 is 0. The summed E-state index contributed by atoms with van der Waals surface area (Å²) in [5.74, 6) is -0.104. The Morgan fingerprint density at radius 1 is 0.950 bits per heavy atom. The lowest BCUT2D eigenvalue weighted by atomic mass is 10.1. The topological polar surface area (TPSA) is 22.1 Å². The van der Waals surface area contributed by atoms with E-state index in [0.717, 1.165) is 10.9 Å². The van der Waals surface area contributed by atoms with Crippen LogP contribution in [0.3, 0.4) is 0 Å². The second kappa shape index (κ2) is 5.25. The van der Waals surface area contributed by atoms with Crippen molar-refractivity contribution in [1.29, 1.82) is 0 Å². The minimum absolute atomic E-state index is 0.272. The average molecular weight is 271 g/mol. The summed E-state index contributed by atoms with van der Waals surface area (Å²) < 4.78 is 32.0. The lowest BCUT2D eigenvalue weighted by Gasteiger charge is -2.09. The zero-order valence-corrected chi connectivity index (χ0v) is 10.5. The van der Waals surface area contributed by atoms with Gasteiger partial charge in [-0.05, 0) is 36.4 Å². The van der Waals surface area contributed by atoms with Crippen LogP contribution >= 0.6 is 0 Å². The lowest BCUT2D eigenvalue weighted by molar-refractivity contribution is 0.307. The van der Waals surface area contributed by atoms with Gasteiger partial charge < -0.3 is 4.74 Å². The smallest absolute Gasteiger partial charge is 0.149 e. The van der Waals surface area contributed by atoms with Gasteiger partial charge in [0.05, 0.1) is 0 Å². The molecule has 0 N–H and O–H groups in total. The van der Waals surface area contributed by atoms with Crippen LogP contribution in [0.1, 0.15) is 5.56 Å². The molecule has 0 aliphatic rings. The van der Waals surface area contributed by atoms with E-state index >= 15 is 0 Å². The highest BCUT2D eigenvalue weighted by Gasteiger charge is 2.06. The quantitative estimate of drug-likeness (QED) is 0.715. The van der Waals surface area contributed by atoms with Crippen LogP contribution in [0.25, 0.3) is 10.9 Å². The molecule has 2 aromatic carbocycles. The van der Waals surface area contributed by atoms with Gasteiger partial charge in [0.15, 0.2) is 0 Å². The first-order valence-corrected chi connectivity index (χ1v) is 6.14. The van der Waals surface area contributed by atoms with Crippen molar-refractivity contribution in [2.45, 2.75) is 6.61 Å². The Morgan fingerprint density at radius 3 is 2.55 bits per heavy atom. The molecule has 1 heterocycles. The second-order valence-corrected chi connectivity index (χ2v) is 4.35. The molecule has 20 heavy (non-hydrogen) atoms. The van der Waals surface area contributed by atoms with Gasteiger partial charge in [-0.25, -0.2) is 8.78 Å². The number of hydrogen-bond acceptors (Lipinski definition) is 2. The van der Waals surface area contributed by atoms with Crippen LogP contribution in [-0.2, 0) is 6.61 Å². The zero-order chi connectivity index (χ0) is 13.9. The Balaban J connectivity index is 1.88. The molecule has 0 radical (unpaired) electrons. The number of ether oxygens (including phenoxy) is 1. The molecule has 2 nitrogen and oxygen atoms in total. The van der Waals surface area contributed by atoms with Gasteiger partial charge in [-0.15, -0.1) is 0 Å². The van der Waals surface area contributed by atoms with Crippen molar-refractivity contribution < 1.29 is 13.5 Å². The summed E-state index contributed by atoms with van der Waals surface area (Å²) in [6.45, 7) is 0.272. The van der Waals surface area contributed by atoms with Gasteiger partial charge in [-0.3, -0.25) is 4.98 Å². The summed E-state index contributed by atoms with van der Waals surface area (Å²) in [5.41, 5.74) is 1.16. The number of aromatic nitrogens is 1. The van der Waals surface area contributed by atoms with Crippen molar-refractivity contribution in [2.75, 3.05) is 0 Å². The van der Waals surface area contributed by atoms with Crippen LogP contribution in [-0.4, -0.2) is 4.98 Å². The fourth-order valence-electron chi connectivity index (χ4n) is 2.01. The third-order valence-corrected chi connectivity index (χ3v) is 3.02. The summed E-state index contributed by atoms with van der Waals surface area (Å²) in [6, 6.07) is 12.4. The molecule has 3 rings (SSSR count). The summed E-state index contributed by atoms with van der Waals surface area (Å²) in [7, 11) is 0. The number of fused-ring (bicyclic) bond motifs is 1. The highest BCUT2D eigenvalue weighted by Crippen LogP contribution is 2.21. The molecule has 0 aliphatic heterocycles. The first-order chi connectivity index (χ1) is 9.74. The van der Waals surface area contributed by atoms with E-state index in [1.54, 1.807) is 36.5 Å². The molecular weight excluding hydrogens is 260 g/mol. The van der Waals surface area contributed by atoms with Gasteiger partial charge in [0.25, 0.3) is 0 Å². The molecule has 0 amide bonds. The van der Waals surface area contributed by atoms with Crippen LogP contribution < -0.4 is 4.74 Å². The first kappa shape index (κ1) is 12.5. The summed E-state index contributed by atoms with van der Waals surface area (Å²) in [5, 5.41) is 0.717. The Morgan fingerprint density at radius 2 is 1.75 bits per heavy atom. The molecule has 3 aromatic rings. The SMILES string of the molecule is Fc1ccc(OCc2ccnc3c(F)cccc23)cc1. The Hall–Kier alpha value is -2.49. The molecule has 0 fully saturated rings. The molecule has 100 valence electrons. The highest BCUT2D eigenvalue weighted by atomic mass is 19.1. The molecule has 0 bridgehead atoms. The average Bonchev–Trinajstić information content (AvgIpc) is 2.47. The van der Waals surface area contributed by atoms with Crippen LogP contribution in [0.15, 0.2) is 54.7 Å². The number of nitrogens with zero attached hydrogens (tertiary/aromatic N) is 1. The molecule has 0 aliphatic carbocycles. The van der Waals surface area contributed by atoms with Crippen molar-refractivity contribution in [1.82, 2.24) is 4.98 Å². The van der Waals surface area contributed by atoms with Gasteiger partial charge >= 0.3 is 0 Å². The van der Waals surface area contributed by atoms with E-state index in [4.69, 9.17) is 4.74 Å². The monoisotopic (exact) mass is 271 g/mol. The molecule has 0 unspecified atom stereocenters. The molecule has 0 saturated heterocycles. The predicted octanol–water partition coefficient (Wildman–Crippen LogP) is 4.09. The Labute approximate surface area is 114 Å². The van der Waals surface area contributed by atoms with Crippen molar-refractivity contribution >= 4 is 10.9 Å². The van der Waals surface area contributed by atoms with Gasteiger partial charge in [-0.1, -0.05) is 12.1 Å². The number of pyridine rings is 1. The largest absolute Gasteiger partial charge is 0.489 e. The maximum Gasteiger partial charge on any atom is 0.149 e. The van der Waals surface area contributed by atoms with Gasteiger partial charge in [0.1, 0.15) is 29.5 Å². The molecule has 4 heteroatoms. The van der Waals surface area contributed by atoms with Crippen molar-refractivity contribution in [3.63, 3.8) is 0 Å². The van der Waals surface area contributed by atoms with Crippen LogP contribution in [0, 0.1) is 11.6 Å². The maximum atomic E-state index is 13.6. The van der Waals surface area contributed by atoms with E-state index in [9.17, 15) is 8.78 Å². The molecule has 1 aromatic heterocycles. The fraction of sp³-hybridized carbons (Fsp3) is 0.0625.